The molecule has 4 rings (SSSR count). The predicted molar refractivity (Wildman–Crippen MR) is 164 cm³/mol. The number of rotatable bonds is 15. The van der Waals surface area contributed by atoms with Crippen LogP contribution in [0.15, 0.2) is 25.3 Å². The number of esters is 1. The van der Waals surface area contributed by atoms with Crippen LogP contribution in [-0.4, -0.2) is 124 Å². The van der Waals surface area contributed by atoms with E-state index in [4.69, 9.17) is 9.47 Å². The number of likely N-dealkylation sites (tertiary alicyclic amines) is 1. The van der Waals surface area contributed by atoms with Crippen LogP contribution in [0.1, 0.15) is 39.5 Å². The van der Waals surface area contributed by atoms with Crippen LogP contribution in [0.3, 0.4) is 0 Å². The van der Waals surface area contributed by atoms with E-state index in [-0.39, 0.29) is 40.4 Å². The van der Waals surface area contributed by atoms with E-state index in [1.807, 2.05) is 19.9 Å². The lowest BCUT2D eigenvalue weighted by atomic mass is 9.71. The van der Waals surface area contributed by atoms with Gasteiger partial charge in [0.1, 0.15) is 6.04 Å². The molecule has 4 saturated heterocycles. The number of morpholine rings is 1. The van der Waals surface area contributed by atoms with Crippen molar-refractivity contribution >= 4 is 45.5 Å². The highest BCUT2D eigenvalue weighted by atomic mass is 79.9. The van der Waals surface area contributed by atoms with Gasteiger partial charge in [0.25, 0.3) is 0 Å². The number of carbonyl (C=O) groups excluding carboxylic acids is 3. The summed E-state index contributed by atoms with van der Waals surface area (Å²) in [5.41, 5.74) is 0. The highest BCUT2D eigenvalue weighted by Gasteiger charge is 2.76. The van der Waals surface area contributed by atoms with Crippen LogP contribution in [0.5, 0.6) is 0 Å². The third-order valence-corrected chi connectivity index (χ3v) is 12.3. The van der Waals surface area contributed by atoms with Gasteiger partial charge in [-0.05, 0) is 31.6 Å². The first-order chi connectivity index (χ1) is 19.7. The number of hydrogen-bond donors (Lipinski definition) is 1. The fraction of sp³-hybridized carbons (Fsp3) is 0.767. The molecule has 3 unspecified atom stereocenters. The lowest BCUT2D eigenvalue weighted by molar-refractivity contribution is -0.154. The molecular formula is C30H46BrN3O6S. The number of fused-ring (bicyclic) bond motifs is 1. The molecule has 0 aromatic heterocycles. The van der Waals surface area contributed by atoms with Gasteiger partial charge in [-0.15, -0.1) is 24.9 Å². The molecule has 7 atom stereocenters. The monoisotopic (exact) mass is 655 g/mol. The van der Waals surface area contributed by atoms with E-state index >= 15 is 0 Å². The van der Waals surface area contributed by atoms with E-state index in [9.17, 15) is 19.5 Å². The Morgan fingerprint density at radius 2 is 2.00 bits per heavy atom. The van der Waals surface area contributed by atoms with Gasteiger partial charge >= 0.3 is 5.97 Å². The number of hydrogen-bond acceptors (Lipinski definition) is 8. The van der Waals surface area contributed by atoms with Crippen molar-refractivity contribution in [2.24, 2.45) is 17.8 Å². The third-order valence-electron chi connectivity index (χ3n) is 9.04. The summed E-state index contributed by atoms with van der Waals surface area (Å²) in [7, 11) is 0. The molecule has 1 N–H and O–H groups in total. The van der Waals surface area contributed by atoms with Crippen LogP contribution in [0, 0.1) is 17.8 Å². The average Bonchev–Trinajstić information content (AvgIpc) is 3.55. The zero-order chi connectivity index (χ0) is 29.7. The Bertz CT molecular complexity index is 978. The molecule has 2 bridgehead atoms. The number of aliphatic hydroxyl groups is 1. The summed E-state index contributed by atoms with van der Waals surface area (Å²) in [6.07, 6.45) is 6.63. The van der Waals surface area contributed by atoms with Gasteiger partial charge in [-0.1, -0.05) is 41.9 Å². The summed E-state index contributed by atoms with van der Waals surface area (Å²) in [5.74, 6) is -2.10. The lowest BCUT2D eigenvalue weighted by Gasteiger charge is -2.41. The smallest absolute Gasteiger partial charge is 0.310 e. The number of nitrogens with zero attached hydrogens (tertiary/aromatic N) is 3. The van der Waals surface area contributed by atoms with Crippen molar-refractivity contribution in [3.63, 3.8) is 0 Å². The average molecular weight is 657 g/mol. The van der Waals surface area contributed by atoms with Gasteiger partial charge in [0.2, 0.25) is 11.8 Å². The molecule has 41 heavy (non-hydrogen) atoms. The van der Waals surface area contributed by atoms with Crippen molar-refractivity contribution in [2.75, 3.05) is 59.2 Å². The molecule has 4 fully saturated rings. The fourth-order valence-electron chi connectivity index (χ4n) is 6.96. The zero-order valence-corrected chi connectivity index (χ0v) is 26.8. The van der Waals surface area contributed by atoms with Crippen molar-refractivity contribution in [2.45, 2.75) is 66.4 Å². The molecule has 0 aromatic carbocycles. The molecule has 9 nitrogen and oxygen atoms in total. The molecule has 4 aliphatic heterocycles. The Kier molecular flexibility index (Phi) is 11.4. The van der Waals surface area contributed by atoms with Crippen molar-refractivity contribution < 1.29 is 29.0 Å². The number of alkyl halides is 1. The summed E-state index contributed by atoms with van der Waals surface area (Å²) in [5, 5.41) is 10.3. The number of ether oxygens (including phenoxy) is 2. The van der Waals surface area contributed by atoms with E-state index in [1.54, 1.807) is 27.6 Å². The predicted octanol–water partition coefficient (Wildman–Crippen LogP) is 2.71. The highest BCUT2D eigenvalue weighted by molar-refractivity contribution is 9.09. The molecule has 2 amide bonds. The van der Waals surface area contributed by atoms with Gasteiger partial charge in [-0.3, -0.25) is 19.3 Å². The van der Waals surface area contributed by atoms with Crippen LogP contribution in [0.25, 0.3) is 0 Å². The lowest BCUT2D eigenvalue weighted by Crippen LogP contribution is -2.59. The van der Waals surface area contributed by atoms with E-state index in [0.717, 1.165) is 32.4 Å². The zero-order valence-electron chi connectivity index (χ0n) is 24.4. The van der Waals surface area contributed by atoms with Crippen LogP contribution < -0.4 is 0 Å². The van der Waals surface area contributed by atoms with E-state index in [1.165, 1.54) is 0 Å². The Labute approximate surface area is 257 Å². The third kappa shape index (κ3) is 6.44. The number of allylic oxidation sites excluding steroid dienone is 1. The van der Waals surface area contributed by atoms with Gasteiger partial charge < -0.3 is 24.4 Å². The van der Waals surface area contributed by atoms with Crippen LogP contribution in [-0.2, 0) is 23.9 Å². The first-order valence-electron chi connectivity index (χ1n) is 14.9. The standard InChI is InChI=1S/C30H46BrN3O6S/c1-5-7-8-9-15-40-29(38)23-24-27(36)34(22(19-35)20(3)4)26(30(24)18-21(31)25(23)41-30)28(37)33(10-6-2)12-11-32-13-16-39-17-14-32/h5-6,20-26,35H,1-2,7-19H2,3-4H3/t21?,22-,23-,24-,25-,26?,30?/m0/s1. The molecular weight excluding hydrogens is 610 g/mol. The van der Waals surface area contributed by atoms with Gasteiger partial charge in [-0.25, -0.2) is 0 Å². The number of unbranched alkanes of at least 4 members (excludes halogenated alkanes) is 2. The van der Waals surface area contributed by atoms with Crippen LogP contribution in [0.2, 0.25) is 0 Å². The van der Waals surface area contributed by atoms with Crippen LogP contribution >= 0.6 is 27.7 Å². The minimum atomic E-state index is -0.787. The van der Waals surface area contributed by atoms with Gasteiger partial charge in [0, 0.05) is 42.8 Å². The van der Waals surface area contributed by atoms with Crippen molar-refractivity contribution in [1.82, 2.24) is 14.7 Å². The van der Waals surface area contributed by atoms with Crippen molar-refractivity contribution in [3.8, 4) is 0 Å². The minimum Gasteiger partial charge on any atom is -0.465 e. The van der Waals surface area contributed by atoms with E-state index < -0.39 is 28.7 Å². The maximum atomic E-state index is 14.6. The molecule has 4 aliphatic rings. The Balaban J connectivity index is 1.64. The molecule has 230 valence electrons. The second-order valence-electron chi connectivity index (χ2n) is 11.9. The van der Waals surface area contributed by atoms with Gasteiger partial charge in [-0.2, -0.15) is 0 Å². The Morgan fingerprint density at radius 3 is 2.63 bits per heavy atom. The SMILES string of the molecule is C=CCCCCOC(=O)[C@H]1[C@H]2C(=O)N([C@@H](CO)C(C)C)C(C(=O)N(CC=C)CCN3CCOCC3)C23CC(Br)[C@@H]1S3. The maximum Gasteiger partial charge on any atom is 0.310 e. The number of halogens is 1. The molecule has 1 spiro atoms. The second-order valence-corrected chi connectivity index (χ2v) is 14.6. The van der Waals surface area contributed by atoms with Crippen LogP contribution in [0.4, 0.5) is 0 Å². The van der Waals surface area contributed by atoms with E-state index in [0.29, 0.717) is 45.9 Å². The molecule has 4 heterocycles. The first kappa shape index (κ1) is 32.5. The number of carbonyl (C=O) groups is 3. The van der Waals surface area contributed by atoms with Crippen molar-refractivity contribution in [3.05, 3.63) is 25.3 Å². The Morgan fingerprint density at radius 1 is 1.27 bits per heavy atom. The molecule has 0 radical (unpaired) electrons. The largest absolute Gasteiger partial charge is 0.465 e. The molecule has 0 saturated carbocycles. The maximum absolute atomic E-state index is 14.6. The fourth-order valence-corrected chi connectivity index (χ4v) is 10.5. The summed E-state index contributed by atoms with van der Waals surface area (Å²) in [6.45, 7) is 16.1. The molecule has 11 heteroatoms. The second kappa shape index (κ2) is 14.4. The number of aliphatic hydroxyl groups excluding tert-OH is 1. The Hall–Kier alpha value is -1.40. The number of thioether (sulfide) groups is 1. The van der Waals surface area contributed by atoms with E-state index in [2.05, 4.69) is 34.0 Å². The quantitative estimate of drug-likeness (QED) is 0.124. The van der Waals surface area contributed by atoms with Gasteiger partial charge in [0.15, 0.2) is 0 Å². The van der Waals surface area contributed by atoms with Crippen molar-refractivity contribution in [1.29, 1.82) is 0 Å². The molecule has 0 aromatic rings. The number of amides is 2. The molecule has 0 aliphatic carbocycles. The summed E-state index contributed by atoms with van der Waals surface area (Å²) >= 11 is 5.41. The summed E-state index contributed by atoms with van der Waals surface area (Å²) in [4.78, 5) is 48.2. The first-order valence-corrected chi connectivity index (χ1v) is 16.7. The summed E-state index contributed by atoms with van der Waals surface area (Å²) in [6, 6.07) is -1.32. The minimum absolute atomic E-state index is 0.0297. The summed E-state index contributed by atoms with van der Waals surface area (Å²) < 4.78 is 10.4. The highest BCUT2D eigenvalue weighted by Crippen LogP contribution is 2.68. The normalized spacial score (nSPS) is 31.8. The van der Waals surface area contributed by atoms with Gasteiger partial charge in [0.05, 0.1) is 49.1 Å². The topological polar surface area (TPSA) is 99.6 Å².